The minimum Gasteiger partial charge on any atom is -0.486 e. The molecule has 4 nitrogen and oxygen atoms in total. The number of hydrogen-bond donors (Lipinski definition) is 1. The molecule has 0 saturated heterocycles. The molecule has 0 atom stereocenters. The largest absolute Gasteiger partial charge is 0.486 e. The molecule has 1 N–H and O–H groups in total. The van der Waals surface area contributed by atoms with Crippen molar-refractivity contribution in [1.29, 1.82) is 0 Å². The highest BCUT2D eigenvalue weighted by Gasteiger charge is 2.12. The second kappa shape index (κ2) is 7.23. The Kier molecular flexibility index (Phi) is 5.09. The number of thioether (sulfide) groups is 1. The number of hydrogen-bond acceptors (Lipinski definition) is 4. The van der Waals surface area contributed by atoms with E-state index in [1.165, 1.54) is 11.8 Å². The Morgan fingerprint density at radius 1 is 1.14 bits per heavy atom. The van der Waals surface area contributed by atoms with Gasteiger partial charge in [0.1, 0.15) is 13.2 Å². The topological polar surface area (TPSA) is 47.6 Å². The van der Waals surface area contributed by atoms with Crippen molar-refractivity contribution in [3.8, 4) is 11.5 Å². The molecule has 3 rings (SSSR count). The van der Waals surface area contributed by atoms with Gasteiger partial charge in [-0.3, -0.25) is 4.79 Å². The number of carbonyl (C=O) groups is 1. The molecule has 0 saturated carbocycles. The molecule has 22 heavy (non-hydrogen) atoms. The van der Waals surface area contributed by atoms with Crippen molar-refractivity contribution in [1.82, 2.24) is 0 Å². The summed E-state index contributed by atoms with van der Waals surface area (Å²) in [6.45, 7) is 1.14. The number of anilines is 1. The normalized spacial score (nSPS) is 12.8. The van der Waals surface area contributed by atoms with Crippen LogP contribution in [0.15, 0.2) is 47.4 Å². The van der Waals surface area contributed by atoms with E-state index < -0.39 is 0 Å². The van der Waals surface area contributed by atoms with Crippen molar-refractivity contribution in [2.45, 2.75) is 4.90 Å². The monoisotopic (exact) mass is 427 g/mol. The Morgan fingerprint density at radius 3 is 2.73 bits per heavy atom. The molecule has 2 aromatic rings. The van der Waals surface area contributed by atoms with E-state index >= 15 is 0 Å². The first kappa shape index (κ1) is 15.5. The van der Waals surface area contributed by atoms with Crippen molar-refractivity contribution in [3.05, 3.63) is 46.0 Å². The number of amides is 1. The summed E-state index contributed by atoms with van der Waals surface area (Å²) in [5.74, 6) is 1.84. The molecule has 0 fully saturated rings. The van der Waals surface area contributed by atoms with Crippen molar-refractivity contribution >= 4 is 45.9 Å². The Labute approximate surface area is 146 Å². The predicted molar refractivity (Wildman–Crippen MR) is 95.9 cm³/mol. The summed E-state index contributed by atoms with van der Waals surface area (Å²) in [6.07, 6.45) is 0. The lowest BCUT2D eigenvalue weighted by molar-refractivity contribution is -0.113. The van der Waals surface area contributed by atoms with Crippen molar-refractivity contribution in [2.24, 2.45) is 0 Å². The second-order valence-corrected chi connectivity index (χ2v) is 6.83. The van der Waals surface area contributed by atoms with Crippen LogP contribution in [0.25, 0.3) is 0 Å². The third-order valence-corrected chi connectivity index (χ3v) is 4.97. The molecule has 1 aliphatic heterocycles. The van der Waals surface area contributed by atoms with Crippen LogP contribution in [0.4, 0.5) is 5.69 Å². The molecule has 0 radical (unpaired) electrons. The molecule has 2 aromatic carbocycles. The van der Waals surface area contributed by atoms with Gasteiger partial charge in [-0.05, 0) is 52.9 Å². The van der Waals surface area contributed by atoms with Gasteiger partial charge in [0.15, 0.2) is 11.5 Å². The van der Waals surface area contributed by atoms with Gasteiger partial charge in [-0.1, -0.05) is 12.1 Å². The molecule has 1 amide bonds. The van der Waals surface area contributed by atoms with E-state index in [0.29, 0.717) is 19.0 Å². The van der Waals surface area contributed by atoms with E-state index in [4.69, 9.17) is 9.47 Å². The molecule has 0 spiro atoms. The van der Waals surface area contributed by atoms with E-state index in [2.05, 4.69) is 27.9 Å². The van der Waals surface area contributed by atoms with E-state index in [0.717, 1.165) is 25.7 Å². The molecule has 0 unspecified atom stereocenters. The minimum atomic E-state index is -0.0241. The summed E-state index contributed by atoms with van der Waals surface area (Å²) in [5, 5.41) is 2.92. The van der Waals surface area contributed by atoms with Crippen LogP contribution in [0.1, 0.15) is 0 Å². The third kappa shape index (κ3) is 3.86. The summed E-state index contributed by atoms with van der Waals surface area (Å²) >= 11 is 3.68. The Balaban J connectivity index is 1.58. The van der Waals surface area contributed by atoms with Gasteiger partial charge in [0.05, 0.1) is 11.4 Å². The highest BCUT2D eigenvalue weighted by Crippen LogP contribution is 2.34. The number of carbonyl (C=O) groups excluding carboxylic acids is 1. The van der Waals surface area contributed by atoms with Crippen LogP contribution in [0.2, 0.25) is 0 Å². The average Bonchev–Trinajstić information content (AvgIpc) is 2.55. The van der Waals surface area contributed by atoms with Gasteiger partial charge in [0, 0.05) is 8.47 Å². The number of fused-ring (bicyclic) bond motifs is 1. The number of para-hydroxylation sites is 1. The Hall–Kier alpha value is -1.41. The number of nitrogens with one attached hydrogen (secondary N) is 1. The lowest BCUT2D eigenvalue weighted by Crippen LogP contribution is -2.16. The Bertz CT molecular complexity index is 693. The summed E-state index contributed by atoms with van der Waals surface area (Å²) in [4.78, 5) is 13.0. The summed E-state index contributed by atoms with van der Waals surface area (Å²) in [7, 11) is 0. The highest BCUT2D eigenvalue weighted by molar-refractivity contribution is 14.1. The number of benzene rings is 2. The van der Waals surface area contributed by atoms with Crippen molar-refractivity contribution in [2.75, 3.05) is 24.3 Å². The highest BCUT2D eigenvalue weighted by atomic mass is 127. The third-order valence-electron chi connectivity index (χ3n) is 3.03. The molecule has 1 heterocycles. The lowest BCUT2D eigenvalue weighted by atomic mass is 10.3. The van der Waals surface area contributed by atoms with Gasteiger partial charge in [-0.25, -0.2) is 0 Å². The van der Waals surface area contributed by atoms with Crippen molar-refractivity contribution < 1.29 is 14.3 Å². The molecule has 0 bridgehead atoms. The van der Waals surface area contributed by atoms with Crippen LogP contribution in [0.5, 0.6) is 11.5 Å². The molecular weight excluding hydrogens is 413 g/mol. The quantitative estimate of drug-likeness (QED) is 0.596. The zero-order valence-electron chi connectivity index (χ0n) is 11.7. The van der Waals surface area contributed by atoms with Crippen LogP contribution in [-0.4, -0.2) is 24.9 Å². The first-order valence-electron chi connectivity index (χ1n) is 6.79. The fourth-order valence-corrected chi connectivity index (χ4v) is 3.26. The average molecular weight is 427 g/mol. The zero-order chi connectivity index (χ0) is 15.4. The molecule has 0 aliphatic carbocycles. The summed E-state index contributed by atoms with van der Waals surface area (Å²) in [6, 6.07) is 13.5. The van der Waals surface area contributed by atoms with Crippen LogP contribution in [0.3, 0.4) is 0 Å². The smallest absolute Gasteiger partial charge is 0.234 e. The molecule has 114 valence electrons. The number of ether oxygens (including phenoxy) is 2. The maximum absolute atomic E-state index is 12.0. The first-order chi connectivity index (χ1) is 10.7. The van der Waals surface area contributed by atoms with E-state index in [-0.39, 0.29) is 5.91 Å². The van der Waals surface area contributed by atoms with Crippen LogP contribution >= 0.6 is 34.4 Å². The van der Waals surface area contributed by atoms with E-state index in [1.54, 1.807) is 0 Å². The standard InChI is InChI=1S/C16H14INO3S/c17-12-3-1-2-4-13(12)18-16(19)10-22-11-5-6-14-15(9-11)21-8-7-20-14/h1-6,9H,7-8,10H2,(H,18,19). The zero-order valence-corrected chi connectivity index (χ0v) is 14.6. The fourth-order valence-electron chi connectivity index (χ4n) is 2.01. The fraction of sp³-hybridized carbons (Fsp3) is 0.188. The maximum Gasteiger partial charge on any atom is 0.234 e. The molecule has 6 heteroatoms. The predicted octanol–water partition coefficient (Wildman–Crippen LogP) is 3.79. The first-order valence-corrected chi connectivity index (χ1v) is 8.85. The van der Waals surface area contributed by atoms with Crippen LogP contribution in [-0.2, 0) is 4.79 Å². The van der Waals surface area contributed by atoms with Gasteiger partial charge in [0.2, 0.25) is 5.91 Å². The van der Waals surface area contributed by atoms with Gasteiger partial charge in [-0.2, -0.15) is 0 Å². The van der Waals surface area contributed by atoms with Crippen LogP contribution < -0.4 is 14.8 Å². The number of rotatable bonds is 4. The lowest BCUT2D eigenvalue weighted by Gasteiger charge is -2.18. The van der Waals surface area contributed by atoms with E-state index in [1.807, 2.05) is 42.5 Å². The van der Waals surface area contributed by atoms with Gasteiger partial charge in [0.25, 0.3) is 0 Å². The molecule has 0 aromatic heterocycles. The van der Waals surface area contributed by atoms with Crippen molar-refractivity contribution in [3.63, 3.8) is 0 Å². The van der Waals surface area contributed by atoms with Crippen LogP contribution in [0, 0.1) is 3.57 Å². The SMILES string of the molecule is O=C(CSc1ccc2c(c1)OCCO2)Nc1ccccc1I. The van der Waals surface area contributed by atoms with Gasteiger partial charge < -0.3 is 14.8 Å². The van der Waals surface area contributed by atoms with Gasteiger partial charge >= 0.3 is 0 Å². The second-order valence-electron chi connectivity index (χ2n) is 4.62. The minimum absolute atomic E-state index is 0.0241. The van der Waals surface area contributed by atoms with E-state index in [9.17, 15) is 4.79 Å². The molecule has 1 aliphatic rings. The van der Waals surface area contributed by atoms with Gasteiger partial charge in [-0.15, -0.1) is 11.8 Å². The Morgan fingerprint density at radius 2 is 1.91 bits per heavy atom. The summed E-state index contributed by atoms with van der Waals surface area (Å²) < 4.78 is 12.0. The summed E-state index contributed by atoms with van der Waals surface area (Å²) in [5.41, 5.74) is 0.843. The maximum atomic E-state index is 12.0. The number of halogens is 1. The molecular formula is C16H14INO3S.